The van der Waals surface area contributed by atoms with Gasteiger partial charge in [0.1, 0.15) is 5.75 Å². The molecule has 22 heavy (non-hydrogen) atoms. The van der Waals surface area contributed by atoms with Gasteiger partial charge in [0.2, 0.25) is 0 Å². The molecule has 0 aliphatic heterocycles. The number of nitrogens with zero attached hydrogens (tertiary/aromatic N) is 1. The van der Waals surface area contributed by atoms with Gasteiger partial charge in [-0.1, -0.05) is 32.4 Å². The maximum atomic E-state index is 12.0. The van der Waals surface area contributed by atoms with E-state index in [4.69, 9.17) is 10.00 Å². The number of ether oxygens (including phenoxy) is 1. The lowest BCUT2D eigenvalue weighted by Crippen LogP contribution is -2.08. The Bertz CT molecular complexity index is 666. The van der Waals surface area contributed by atoms with Crippen LogP contribution in [0.1, 0.15) is 54.1 Å². The van der Waals surface area contributed by atoms with Gasteiger partial charge in [-0.25, -0.2) is 4.79 Å². The van der Waals surface area contributed by atoms with E-state index in [2.05, 4.69) is 13.8 Å². The van der Waals surface area contributed by atoms with Crippen LogP contribution in [-0.4, -0.2) is 5.97 Å². The Morgan fingerprint density at radius 3 is 2.32 bits per heavy atom. The Morgan fingerprint density at radius 1 is 1.14 bits per heavy atom. The summed E-state index contributed by atoms with van der Waals surface area (Å²) in [6.45, 7) is 4.37. The van der Waals surface area contributed by atoms with Crippen molar-refractivity contribution in [2.24, 2.45) is 0 Å². The summed E-state index contributed by atoms with van der Waals surface area (Å²) in [5.41, 5.74) is 2.20. The van der Waals surface area contributed by atoms with Gasteiger partial charge in [-0.3, -0.25) is 0 Å². The van der Waals surface area contributed by atoms with Crippen molar-refractivity contribution in [3.05, 3.63) is 65.2 Å². The first-order valence-electron chi connectivity index (χ1n) is 7.46. The number of hydrogen-bond acceptors (Lipinski definition) is 3. The molecular weight excluding hydrogens is 274 g/mol. The fourth-order valence-corrected chi connectivity index (χ4v) is 2.31. The standard InChI is InChI=1S/C19H19NO2/c1-3-4-14(2)16-9-11-18(12-10-16)22-19(21)17-7-5-15(13-20)6-8-17/h5-12,14H,3-4H2,1-2H3. The highest BCUT2D eigenvalue weighted by Crippen LogP contribution is 2.23. The van der Waals surface area contributed by atoms with Gasteiger partial charge in [0.25, 0.3) is 0 Å². The monoisotopic (exact) mass is 293 g/mol. The first-order chi connectivity index (χ1) is 10.6. The van der Waals surface area contributed by atoms with Crippen LogP contribution in [-0.2, 0) is 0 Å². The molecule has 0 aliphatic carbocycles. The normalized spacial score (nSPS) is 11.5. The molecule has 0 saturated heterocycles. The number of rotatable bonds is 5. The highest BCUT2D eigenvalue weighted by atomic mass is 16.5. The second-order valence-electron chi connectivity index (χ2n) is 5.34. The van der Waals surface area contributed by atoms with E-state index in [0.717, 1.165) is 12.8 Å². The third kappa shape index (κ3) is 3.95. The minimum Gasteiger partial charge on any atom is -0.423 e. The summed E-state index contributed by atoms with van der Waals surface area (Å²) < 4.78 is 5.35. The molecule has 3 heteroatoms. The zero-order chi connectivity index (χ0) is 15.9. The van der Waals surface area contributed by atoms with Gasteiger partial charge in [-0.2, -0.15) is 5.26 Å². The number of hydrogen-bond donors (Lipinski definition) is 0. The van der Waals surface area contributed by atoms with Gasteiger partial charge < -0.3 is 4.74 Å². The summed E-state index contributed by atoms with van der Waals surface area (Å²) in [6, 6.07) is 16.1. The van der Waals surface area contributed by atoms with Crippen LogP contribution in [0.4, 0.5) is 0 Å². The van der Waals surface area contributed by atoms with E-state index in [9.17, 15) is 4.79 Å². The van der Waals surface area contributed by atoms with Gasteiger partial charge in [-0.05, 0) is 54.3 Å². The number of nitriles is 1. The number of benzene rings is 2. The summed E-state index contributed by atoms with van der Waals surface area (Å²) in [5, 5.41) is 8.75. The summed E-state index contributed by atoms with van der Waals surface area (Å²) in [7, 11) is 0. The maximum Gasteiger partial charge on any atom is 0.343 e. The molecule has 0 amide bonds. The van der Waals surface area contributed by atoms with Crippen LogP contribution in [0, 0.1) is 11.3 Å². The fourth-order valence-electron chi connectivity index (χ4n) is 2.31. The first kappa shape index (κ1) is 15.8. The molecule has 0 fully saturated rings. The van der Waals surface area contributed by atoms with Crippen LogP contribution in [0.3, 0.4) is 0 Å². The van der Waals surface area contributed by atoms with Crippen LogP contribution < -0.4 is 4.74 Å². The van der Waals surface area contributed by atoms with Gasteiger partial charge in [0.15, 0.2) is 0 Å². The third-order valence-electron chi connectivity index (χ3n) is 3.63. The Balaban J connectivity index is 2.03. The first-order valence-corrected chi connectivity index (χ1v) is 7.46. The Morgan fingerprint density at radius 2 is 1.77 bits per heavy atom. The van der Waals surface area contributed by atoms with Crippen molar-refractivity contribution < 1.29 is 9.53 Å². The summed E-state index contributed by atoms with van der Waals surface area (Å²) >= 11 is 0. The van der Waals surface area contributed by atoms with E-state index in [1.165, 1.54) is 5.56 Å². The van der Waals surface area contributed by atoms with Gasteiger partial charge >= 0.3 is 5.97 Å². The Labute approximate surface area is 131 Å². The molecule has 0 radical (unpaired) electrons. The average Bonchev–Trinajstić information content (AvgIpc) is 2.55. The van der Waals surface area contributed by atoms with Gasteiger partial charge in [-0.15, -0.1) is 0 Å². The topological polar surface area (TPSA) is 50.1 Å². The molecule has 0 heterocycles. The van der Waals surface area contributed by atoms with Crippen LogP contribution in [0.15, 0.2) is 48.5 Å². The Kier molecular flexibility index (Phi) is 5.32. The van der Waals surface area contributed by atoms with Crippen molar-refractivity contribution in [1.82, 2.24) is 0 Å². The molecule has 0 aromatic heterocycles. The maximum absolute atomic E-state index is 12.0. The smallest absolute Gasteiger partial charge is 0.343 e. The van der Waals surface area contributed by atoms with Gasteiger partial charge in [0.05, 0.1) is 17.2 Å². The lowest BCUT2D eigenvalue weighted by Gasteiger charge is -2.11. The molecule has 0 spiro atoms. The minimum absolute atomic E-state index is 0.418. The van der Waals surface area contributed by atoms with E-state index >= 15 is 0 Å². The molecule has 0 saturated carbocycles. The predicted molar refractivity (Wildman–Crippen MR) is 85.9 cm³/mol. The molecule has 2 aromatic rings. The molecule has 0 bridgehead atoms. The fraction of sp³-hybridized carbons (Fsp3) is 0.263. The van der Waals surface area contributed by atoms with Crippen molar-refractivity contribution in [3.63, 3.8) is 0 Å². The molecule has 2 aromatic carbocycles. The summed E-state index contributed by atoms with van der Waals surface area (Å²) in [4.78, 5) is 12.0. The van der Waals surface area contributed by atoms with Crippen molar-refractivity contribution in [1.29, 1.82) is 5.26 Å². The molecule has 0 aliphatic rings. The van der Waals surface area contributed by atoms with E-state index in [1.54, 1.807) is 24.3 Å². The highest BCUT2D eigenvalue weighted by Gasteiger charge is 2.09. The average molecular weight is 293 g/mol. The van der Waals surface area contributed by atoms with Crippen molar-refractivity contribution in [2.45, 2.75) is 32.6 Å². The van der Waals surface area contributed by atoms with Crippen molar-refractivity contribution >= 4 is 5.97 Å². The SMILES string of the molecule is CCCC(C)c1ccc(OC(=O)c2ccc(C#N)cc2)cc1. The number of carbonyl (C=O) groups excluding carboxylic acids is 1. The van der Waals surface area contributed by atoms with Crippen molar-refractivity contribution in [2.75, 3.05) is 0 Å². The molecular formula is C19H19NO2. The quantitative estimate of drug-likeness (QED) is 0.594. The number of esters is 1. The Hall–Kier alpha value is -2.60. The zero-order valence-corrected chi connectivity index (χ0v) is 12.9. The van der Waals surface area contributed by atoms with Crippen LogP contribution in [0.25, 0.3) is 0 Å². The van der Waals surface area contributed by atoms with Crippen LogP contribution >= 0.6 is 0 Å². The van der Waals surface area contributed by atoms with E-state index in [0.29, 0.717) is 22.8 Å². The van der Waals surface area contributed by atoms with E-state index < -0.39 is 5.97 Å². The predicted octanol–water partition coefficient (Wildman–Crippen LogP) is 4.68. The second-order valence-corrected chi connectivity index (χ2v) is 5.34. The lowest BCUT2D eigenvalue weighted by molar-refractivity contribution is 0.0734. The largest absolute Gasteiger partial charge is 0.423 e. The van der Waals surface area contributed by atoms with E-state index in [1.807, 2.05) is 30.3 Å². The summed E-state index contributed by atoms with van der Waals surface area (Å²) in [5.74, 6) is 0.619. The lowest BCUT2D eigenvalue weighted by atomic mass is 9.97. The number of carbonyl (C=O) groups is 1. The molecule has 3 nitrogen and oxygen atoms in total. The van der Waals surface area contributed by atoms with Crippen LogP contribution in [0.5, 0.6) is 5.75 Å². The summed E-state index contributed by atoms with van der Waals surface area (Å²) in [6.07, 6.45) is 2.29. The zero-order valence-electron chi connectivity index (χ0n) is 12.9. The molecule has 112 valence electrons. The molecule has 1 atom stereocenters. The molecule has 2 rings (SSSR count). The molecule has 1 unspecified atom stereocenters. The highest BCUT2D eigenvalue weighted by molar-refractivity contribution is 5.91. The third-order valence-corrected chi connectivity index (χ3v) is 3.63. The minimum atomic E-state index is -0.418. The molecule has 0 N–H and O–H groups in total. The second kappa shape index (κ2) is 7.42. The van der Waals surface area contributed by atoms with Crippen LogP contribution in [0.2, 0.25) is 0 Å². The van der Waals surface area contributed by atoms with E-state index in [-0.39, 0.29) is 0 Å². The van der Waals surface area contributed by atoms with Gasteiger partial charge in [0, 0.05) is 0 Å². The van der Waals surface area contributed by atoms with Crippen molar-refractivity contribution in [3.8, 4) is 11.8 Å².